The Morgan fingerprint density at radius 3 is 2.88 bits per heavy atom. The molecule has 3 rings (SSSR count). The first-order valence-corrected chi connectivity index (χ1v) is 9.35. The fourth-order valence-corrected chi connectivity index (χ4v) is 3.56. The number of nitrogens with one attached hydrogen (secondary N) is 1. The summed E-state index contributed by atoms with van der Waals surface area (Å²) < 4.78 is 6.31. The lowest BCUT2D eigenvalue weighted by molar-refractivity contribution is 0.391. The number of aromatic hydroxyl groups is 1. The summed E-state index contributed by atoms with van der Waals surface area (Å²) in [4.78, 5) is 4.90. The number of nitrogens with zero attached hydrogens (tertiary/aromatic N) is 1. The van der Waals surface area contributed by atoms with E-state index < -0.39 is 0 Å². The Kier molecular flexibility index (Phi) is 5.76. The van der Waals surface area contributed by atoms with Crippen LogP contribution < -0.4 is 10.1 Å². The third-order valence-corrected chi connectivity index (χ3v) is 4.93. The van der Waals surface area contributed by atoms with Crippen LogP contribution in [-0.2, 0) is 0 Å². The van der Waals surface area contributed by atoms with Crippen molar-refractivity contribution in [1.29, 1.82) is 0 Å². The number of phenols is 1. The number of ether oxygens (including phenoxy) is 1. The van der Waals surface area contributed by atoms with E-state index in [-0.39, 0.29) is 12.2 Å². The van der Waals surface area contributed by atoms with Gasteiger partial charge in [0.25, 0.3) is 0 Å². The molecule has 0 saturated carbocycles. The zero-order chi connectivity index (χ0) is 17.8. The average Bonchev–Trinajstić information content (AvgIpc) is 2.64. The van der Waals surface area contributed by atoms with Crippen molar-refractivity contribution in [3.05, 3.63) is 58.1 Å². The fourth-order valence-electron chi connectivity index (χ4n) is 3.18. The van der Waals surface area contributed by atoms with E-state index in [4.69, 9.17) is 9.73 Å². The molecule has 0 radical (unpaired) electrons. The molecule has 2 aromatic carbocycles. The predicted octanol–water partition coefficient (Wildman–Crippen LogP) is 4.81. The van der Waals surface area contributed by atoms with Crippen LogP contribution in [0, 0.1) is 0 Å². The Morgan fingerprint density at radius 1 is 1.28 bits per heavy atom. The third kappa shape index (κ3) is 4.22. The van der Waals surface area contributed by atoms with E-state index in [0.29, 0.717) is 5.75 Å². The number of halogens is 1. The van der Waals surface area contributed by atoms with Crippen LogP contribution in [-0.4, -0.2) is 24.1 Å². The number of aliphatic imine (C=N–C) groups is 1. The summed E-state index contributed by atoms with van der Waals surface area (Å²) in [5.74, 6) is 1.13. The van der Waals surface area contributed by atoms with Gasteiger partial charge in [0.1, 0.15) is 17.7 Å². The first kappa shape index (κ1) is 18.0. The molecule has 0 spiro atoms. The van der Waals surface area contributed by atoms with Gasteiger partial charge in [0, 0.05) is 28.2 Å². The Bertz CT molecular complexity index is 776. The van der Waals surface area contributed by atoms with Crippen molar-refractivity contribution in [2.24, 2.45) is 4.99 Å². The molecule has 0 aliphatic carbocycles. The summed E-state index contributed by atoms with van der Waals surface area (Å²) in [6.45, 7) is 2.16. The van der Waals surface area contributed by atoms with E-state index in [1.54, 1.807) is 13.2 Å². The molecule has 5 heteroatoms. The first-order chi connectivity index (χ1) is 12.1. The first-order valence-electron chi connectivity index (χ1n) is 8.56. The standard InChI is InChI=1S/C20H23BrN2O2/c1-3-5-20-22-17(13-6-4-7-15(10-13)25-2)12-18(23-20)16-11-14(21)8-9-19(16)24/h4,6-11,18,20,23-24H,3,5,12H2,1-2H3. The van der Waals surface area contributed by atoms with E-state index in [0.717, 1.165) is 46.3 Å². The lowest BCUT2D eigenvalue weighted by Crippen LogP contribution is -2.38. The van der Waals surface area contributed by atoms with Crippen LogP contribution in [0.1, 0.15) is 43.4 Å². The van der Waals surface area contributed by atoms with Crippen LogP contribution in [0.4, 0.5) is 0 Å². The minimum absolute atomic E-state index is 0.0211. The number of rotatable bonds is 5. The Balaban J connectivity index is 1.96. The predicted molar refractivity (Wildman–Crippen MR) is 105 cm³/mol. The summed E-state index contributed by atoms with van der Waals surface area (Å²) in [7, 11) is 1.67. The Morgan fingerprint density at radius 2 is 2.12 bits per heavy atom. The molecule has 1 heterocycles. The van der Waals surface area contributed by atoms with Crippen molar-refractivity contribution in [1.82, 2.24) is 5.32 Å². The van der Waals surface area contributed by atoms with Gasteiger partial charge in [-0.1, -0.05) is 41.4 Å². The van der Waals surface area contributed by atoms with Gasteiger partial charge < -0.3 is 9.84 Å². The van der Waals surface area contributed by atoms with Crippen LogP contribution in [0.15, 0.2) is 51.9 Å². The van der Waals surface area contributed by atoms with E-state index in [9.17, 15) is 5.11 Å². The largest absolute Gasteiger partial charge is 0.508 e. The Hall–Kier alpha value is -1.85. The van der Waals surface area contributed by atoms with Crippen molar-refractivity contribution in [2.45, 2.75) is 38.4 Å². The lowest BCUT2D eigenvalue weighted by Gasteiger charge is -2.30. The molecule has 132 valence electrons. The summed E-state index contributed by atoms with van der Waals surface area (Å²) in [5.41, 5.74) is 3.01. The molecule has 0 amide bonds. The molecule has 0 bridgehead atoms. The second kappa shape index (κ2) is 8.02. The number of hydrogen-bond acceptors (Lipinski definition) is 4. The van der Waals surface area contributed by atoms with E-state index >= 15 is 0 Å². The molecule has 2 N–H and O–H groups in total. The van der Waals surface area contributed by atoms with Gasteiger partial charge in [-0.05, 0) is 42.3 Å². The van der Waals surface area contributed by atoms with Gasteiger partial charge in [-0.25, -0.2) is 0 Å². The van der Waals surface area contributed by atoms with Crippen molar-refractivity contribution >= 4 is 21.6 Å². The summed E-state index contributed by atoms with van der Waals surface area (Å²) in [5, 5.41) is 13.9. The molecule has 2 aromatic rings. The minimum Gasteiger partial charge on any atom is -0.508 e. The maximum atomic E-state index is 10.3. The SMILES string of the molecule is CCCC1N=C(c2cccc(OC)c2)CC(c2cc(Br)ccc2O)N1. The second-order valence-corrected chi connectivity index (χ2v) is 7.15. The van der Waals surface area contributed by atoms with Crippen molar-refractivity contribution in [3.8, 4) is 11.5 Å². The number of methoxy groups -OCH3 is 1. The molecule has 4 nitrogen and oxygen atoms in total. The highest BCUT2D eigenvalue weighted by Gasteiger charge is 2.26. The minimum atomic E-state index is 0.0211. The van der Waals surface area contributed by atoms with Crippen molar-refractivity contribution < 1.29 is 9.84 Å². The van der Waals surface area contributed by atoms with Crippen molar-refractivity contribution in [3.63, 3.8) is 0 Å². The van der Waals surface area contributed by atoms with Crippen LogP contribution in [0.5, 0.6) is 11.5 Å². The van der Waals surface area contributed by atoms with Crippen LogP contribution in [0.25, 0.3) is 0 Å². The highest BCUT2D eigenvalue weighted by atomic mass is 79.9. The quantitative estimate of drug-likeness (QED) is 0.753. The van der Waals surface area contributed by atoms with Gasteiger partial charge in [-0.3, -0.25) is 10.3 Å². The second-order valence-electron chi connectivity index (χ2n) is 6.24. The smallest absolute Gasteiger partial charge is 0.120 e. The molecule has 0 aromatic heterocycles. The van der Waals surface area contributed by atoms with E-state index in [2.05, 4.69) is 34.2 Å². The zero-order valence-corrected chi connectivity index (χ0v) is 16.1. The molecule has 2 atom stereocenters. The molecule has 1 aliphatic rings. The van der Waals surface area contributed by atoms with Gasteiger partial charge in [0.05, 0.1) is 7.11 Å². The molecular formula is C20H23BrN2O2. The van der Waals surface area contributed by atoms with Gasteiger partial charge >= 0.3 is 0 Å². The molecule has 0 saturated heterocycles. The molecule has 2 unspecified atom stereocenters. The van der Waals surface area contributed by atoms with Crippen LogP contribution in [0.3, 0.4) is 0 Å². The molecule has 25 heavy (non-hydrogen) atoms. The highest BCUT2D eigenvalue weighted by Crippen LogP contribution is 2.33. The summed E-state index contributed by atoms with van der Waals surface area (Å²) in [6, 6.07) is 13.6. The van der Waals surface area contributed by atoms with Gasteiger partial charge in [-0.2, -0.15) is 0 Å². The van der Waals surface area contributed by atoms with Crippen LogP contribution in [0.2, 0.25) is 0 Å². The van der Waals surface area contributed by atoms with E-state index in [1.807, 2.05) is 30.3 Å². The third-order valence-electron chi connectivity index (χ3n) is 4.43. The maximum Gasteiger partial charge on any atom is 0.120 e. The normalized spacial score (nSPS) is 20.2. The number of hydrogen-bond donors (Lipinski definition) is 2. The summed E-state index contributed by atoms with van der Waals surface area (Å²) in [6.07, 6.45) is 2.77. The number of benzene rings is 2. The molecule has 1 aliphatic heterocycles. The maximum absolute atomic E-state index is 10.3. The molecular weight excluding hydrogens is 380 g/mol. The van der Waals surface area contributed by atoms with Gasteiger partial charge in [0.2, 0.25) is 0 Å². The van der Waals surface area contributed by atoms with Gasteiger partial charge in [0.15, 0.2) is 0 Å². The average molecular weight is 403 g/mol. The molecule has 0 fully saturated rings. The highest BCUT2D eigenvalue weighted by molar-refractivity contribution is 9.10. The summed E-state index contributed by atoms with van der Waals surface area (Å²) >= 11 is 3.50. The topological polar surface area (TPSA) is 53.9 Å². The van der Waals surface area contributed by atoms with Crippen LogP contribution >= 0.6 is 15.9 Å². The van der Waals surface area contributed by atoms with E-state index in [1.165, 1.54) is 0 Å². The monoisotopic (exact) mass is 402 g/mol. The lowest BCUT2D eigenvalue weighted by atomic mass is 9.94. The zero-order valence-electron chi connectivity index (χ0n) is 14.5. The fraction of sp³-hybridized carbons (Fsp3) is 0.350. The van der Waals surface area contributed by atoms with Crippen molar-refractivity contribution in [2.75, 3.05) is 7.11 Å². The Labute approximate surface area is 157 Å². The van der Waals surface area contributed by atoms with Gasteiger partial charge in [-0.15, -0.1) is 0 Å². The number of phenolic OH excluding ortho intramolecular Hbond substituents is 1.